The summed E-state index contributed by atoms with van der Waals surface area (Å²) in [4.78, 5) is 13.3. The number of anilines is 1. The summed E-state index contributed by atoms with van der Waals surface area (Å²) >= 11 is 0. The first-order valence-electron chi connectivity index (χ1n) is 7.54. The molecule has 2 rings (SSSR count). The Balaban J connectivity index is 2.05. The van der Waals surface area contributed by atoms with E-state index in [1.807, 2.05) is 0 Å². The van der Waals surface area contributed by atoms with E-state index in [0.29, 0.717) is 0 Å². The number of hydrogen-bond donors (Lipinski definition) is 1. The van der Waals surface area contributed by atoms with Gasteiger partial charge in [-0.1, -0.05) is 0 Å². The van der Waals surface area contributed by atoms with Crippen LogP contribution in [0.25, 0.3) is 0 Å². The third kappa shape index (κ3) is 4.15. The number of piperazine rings is 1. The monoisotopic (exact) mass is 359 g/mol. The summed E-state index contributed by atoms with van der Waals surface area (Å²) in [6.45, 7) is 5.96. The van der Waals surface area contributed by atoms with Gasteiger partial charge in [-0.2, -0.15) is 4.31 Å². The molecule has 1 aliphatic rings. The normalized spacial score (nSPS) is 16.9. The molecule has 0 radical (unpaired) electrons. The van der Waals surface area contributed by atoms with E-state index in [4.69, 9.17) is 10.5 Å². The van der Waals surface area contributed by atoms with E-state index in [0.717, 1.165) is 6.07 Å². The quantitative estimate of drug-likeness (QED) is 0.811. The van der Waals surface area contributed by atoms with Gasteiger partial charge < -0.3 is 15.4 Å². The number of halogens is 1. The molecule has 1 saturated heterocycles. The molecule has 1 amide bonds. The van der Waals surface area contributed by atoms with Gasteiger partial charge in [-0.05, 0) is 39.0 Å². The van der Waals surface area contributed by atoms with Gasteiger partial charge in [0.25, 0.3) is 0 Å². The van der Waals surface area contributed by atoms with Gasteiger partial charge in [0.2, 0.25) is 10.0 Å². The van der Waals surface area contributed by atoms with Crippen LogP contribution in [0.4, 0.5) is 14.9 Å². The number of benzene rings is 1. The van der Waals surface area contributed by atoms with E-state index in [-0.39, 0.29) is 36.8 Å². The van der Waals surface area contributed by atoms with Crippen LogP contribution < -0.4 is 5.73 Å². The highest BCUT2D eigenvalue weighted by Gasteiger charge is 2.32. The molecular weight excluding hydrogens is 337 g/mol. The van der Waals surface area contributed by atoms with E-state index < -0.39 is 27.5 Å². The van der Waals surface area contributed by atoms with Gasteiger partial charge in [0.1, 0.15) is 11.4 Å². The fraction of sp³-hybridized carbons (Fsp3) is 0.533. The molecule has 0 bridgehead atoms. The van der Waals surface area contributed by atoms with Crippen molar-refractivity contribution in [3.05, 3.63) is 24.0 Å². The molecule has 0 saturated carbocycles. The lowest BCUT2D eigenvalue weighted by Crippen LogP contribution is -2.51. The average Bonchev–Trinajstić information content (AvgIpc) is 2.48. The van der Waals surface area contributed by atoms with Crippen LogP contribution in [0.5, 0.6) is 0 Å². The first kappa shape index (κ1) is 18.5. The minimum absolute atomic E-state index is 0.108. The number of amides is 1. The van der Waals surface area contributed by atoms with Crippen molar-refractivity contribution in [2.24, 2.45) is 0 Å². The van der Waals surface area contributed by atoms with Crippen LogP contribution in [-0.2, 0) is 14.8 Å². The summed E-state index contributed by atoms with van der Waals surface area (Å²) in [5.74, 6) is -0.775. The zero-order chi connectivity index (χ0) is 18.1. The van der Waals surface area contributed by atoms with E-state index in [9.17, 15) is 17.6 Å². The van der Waals surface area contributed by atoms with Crippen LogP contribution in [-0.4, -0.2) is 55.5 Å². The molecule has 1 aliphatic heterocycles. The largest absolute Gasteiger partial charge is 0.444 e. The number of carbonyl (C=O) groups excluding carboxylic acids is 1. The summed E-state index contributed by atoms with van der Waals surface area (Å²) in [7, 11) is -3.83. The Bertz CT molecular complexity index is 723. The second-order valence-electron chi connectivity index (χ2n) is 6.55. The van der Waals surface area contributed by atoms with Gasteiger partial charge >= 0.3 is 6.09 Å². The fourth-order valence-corrected chi connectivity index (χ4v) is 3.69. The van der Waals surface area contributed by atoms with Crippen LogP contribution in [0.15, 0.2) is 23.1 Å². The minimum Gasteiger partial charge on any atom is -0.444 e. The Morgan fingerprint density at radius 3 is 2.29 bits per heavy atom. The van der Waals surface area contributed by atoms with E-state index in [1.165, 1.54) is 21.3 Å². The Kier molecular flexibility index (Phi) is 5.05. The number of nitrogens with two attached hydrogens (primary N) is 1. The number of nitrogen functional groups attached to an aromatic ring is 1. The Morgan fingerprint density at radius 1 is 1.21 bits per heavy atom. The lowest BCUT2D eigenvalue weighted by molar-refractivity contribution is 0.0192. The predicted octanol–water partition coefficient (Wildman–Crippen LogP) is 1.65. The summed E-state index contributed by atoms with van der Waals surface area (Å²) in [6.07, 6.45) is -0.474. The summed E-state index contributed by atoms with van der Waals surface area (Å²) in [5.41, 5.74) is 4.65. The Labute approximate surface area is 141 Å². The second-order valence-corrected chi connectivity index (χ2v) is 8.49. The van der Waals surface area contributed by atoms with Crippen molar-refractivity contribution < 1.29 is 22.3 Å². The maximum atomic E-state index is 13.5. The SMILES string of the molecule is CC(C)(C)OC(=O)N1CCN(S(=O)(=O)c2ccc(N)c(F)c2)CC1. The molecule has 0 aromatic heterocycles. The Hall–Kier alpha value is -1.87. The highest BCUT2D eigenvalue weighted by Crippen LogP contribution is 2.21. The van der Waals surface area contributed by atoms with Crippen molar-refractivity contribution in [2.75, 3.05) is 31.9 Å². The summed E-state index contributed by atoms with van der Waals surface area (Å²) in [6, 6.07) is 3.40. The molecule has 2 N–H and O–H groups in total. The predicted molar refractivity (Wildman–Crippen MR) is 87.4 cm³/mol. The molecule has 0 aliphatic carbocycles. The van der Waals surface area contributed by atoms with Gasteiger partial charge in [-0.3, -0.25) is 0 Å². The molecule has 0 unspecified atom stereocenters. The van der Waals surface area contributed by atoms with Crippen molar-refractivity contribution in [3.63, 3.8) is 0 Å². The van der Waals surface area contributed by atoms with Gasteiger partial charge in [-0.25, -0.2) is 17.6 Å². The van der Waals surface area contributed by atoms with E-state index in [2.05, 4.69) is 0 Å². The highest BCUT2D eigenvalue weighted by molar-refractivity contribution is 7.89. The molecule has 7 nitrogen and oxygen atoms in total. The molecule has 0 atom stereocenters. The first-order valence-corrected chi connectivity index (χ1v) is 8.98. The zero-order valence-corrected chi connectivity index (χ0v) is 14.8. The van der Waals surface area contributed by atoms with Crippen molar-refractivity contribution in [1.82, 2.24) is 9.21 Å². The van der Waals surface area contributed by atoms with Gasteiger partial charge in [0, 0.05) is 26.2 Å². The maximum absolute atomic E-state index is 13.5. The first-order chi connectivity index (χ1) is 11.0. The van der Waals surface area contributed by atoms with Crippen LogP contribution in [0.2, 0.25) is 0 Å². The van der Waals surface area contributed by atoms with Crippen LogP contribution in [0.3, 0.4) is 0 Å². The van der Waals surface area contributed by atoms with Crippen molar-refractivity contribution in [2.45, 2.75) is 31.3 Å². The molecule has 1 aromatic rings. The standard InChI is InChI=1S/C15H22FN3O4S/c1-15(2,3)23-14(20)18-6-8-19(9-7-18)24(21,22)11-4-5-13(17)12(16)10-11/h4-5,10H,6-9,17H2,1-3H3. The third-order valence-corrected chi connectivity index (χ3v) is 5.39. The number of carbonyl (C=O) groups is 1. The van der Waals surface area contributed by atoms with Crippen LogP contribution >= 0.6 is 0 Å². The number of ether oxygens (including phenoxy) is 1. The zero-order valence-electron chi connectivity index (χ0n) is 14.0. The number of hydrogen-bond acceptors (Lipinski definition) is 5. The van der Waals surface area contributed by atoms with Gasteiger partial charge in [0.15, 0.2) is 0 Å². The molecule has 9 heteroatoms. The smallest absolute Gasteiger partial charge is 0.410 e. The molecule has 134 valence electrons. The third-order valence-electron chi connectivity index (χ3n) is 3.50. The lowest BCUT2D eigenvalue weighted by Gasteiger charge is -2.34. The summed E-state index contributed by atoms with van der Waals surface area (Å²) in [5, 5.41) is 0. The average molecular weight is 359 g/mol. The number of rotatable bonds is 2. The van der Waals surface area contributed by atoms with Crippen molar-refractivity contribution >= 4 is 21.8 Å². The molecule has 1 fully saturated rings. The molecule has 1 aromatic carbocycles. The highest BCUT2D eigenvalue weighted by atomic mass is 32.2. The molecule has 0 spiro atoms. The fourth-order valence-electron chi connectivity index (χ4n) is 2.25. The Morgan fingerprint density at radius 2 is 1.79 bits per heavy atom. The van der Waals surface area contributed by atoms with E-state index in [1.54, 1.807) is 20.8 Å². The number of sulfonamides is 1. The molecular formula is C15H22FN3O4S. The second kappa shape index (κ2) is 6.56. The minimum atomic E-state index is -3.83. The van der Waals surface area contributed by atoms with E-state index >= 15 is 0 Å². The van der Waals surface area contributed by atoms with Crippen molar-refractivity contribution in [1.29, 1.82) is 0 Å². The number of nitrogens with zero attached hydrogens (tertiary/aromatic N) is 2. The van der Waals surface area contributed by atoms with Crippen LogP contribution in [0.1, 0.15) is 20.8 Å². The van der Waals surface area contributed by atoms with Gasteiger partial charge in [-0.15, -0.1) is 0 Å². The molecule has 1 heterocycles. The summed E-state index contributed by atoms with van der Waals surface area (Å²) < 4.78 is 45.1. The van der Waals surface area contributed by atoms with Gasteiger partial charge in [0.05, 0.1) is 10.6 Å². The maximum Gasteiger partial charge on any atom is 0.410 e. The topological polar surface area (TPSA) is 92.9 Å². The molecule has 24 heavy (non-hydrogen) atoms. The van der Waals surface area contributed by atoms with Crippen molar-refractivity contribution in [3.8, 4) is 0 Å². The van der Waals surface area contributed by atoms with Crippen LogP contribution in [0, 0.1) is 5.82 Å². The lowest BCUT2D eigenvalue weighted by atomic mass is 10.2.